The maximum atomic E-state index is 5.78. The van der Waals surface area contributed by atoms with Crippen LogP contribution in [-0.4, -0.2) is 53.6 Å². The largest absolute Gasteiger partial charge is 0.493 e. The zero-order valence-corrected chi connectivity index (χ0v) is 17.7. The van der Waals surface area contributed by atoms with Crippen LogP contribution in [0, 0.1) is 5.92 Å². The number of nitrogens with zero attached hydrogens (tertiary/aromatic N) is 1. The van der Waals surface area contributed by atoms with E-state index in [4.69, 9.17) is 18.9 Å². The Morgan fingerprint density at radius 2 is 1.67 bits per heavy atom. The van der Waals surface area contributed by atoms with Gasteiger partial charge in [0.1, 0.15) is 0 Å². The highest BCUT2D eigenvalue weighted by Gasteiger charge is 2.14. The standard InChI is InChI=1S/C20H35N3O4/c1-8-27-16(14(2)3)9-10-22-20(21-4)23-13-15-11-17(24-5)19(26-7)18(12-15)25-6/h11-12,14,16H,8-10,13H2,1-7H3,(H2,21,22,23). The summed E-state index contributed by atoms with van der Waals surface area (Å²) in [5.74, 6) is 3.08. The molecule has 0 bridgehead atoms. The lowest BCUT2D eigenvalue weighted by Crippen LogP contribution is -2.38. The van der Waals surface area contributed by atoms with Gasteiger partial charge >= 0.3 is 0 Å². The Labute approximate surface area is 163 Å². The molecule has 7 nitrogen and oxygen atoms in total. The first-order valence-corrected chi connectivity index (χ1v) is 9.35. The Balaban J connectivity index is 2.64. The first-order chi connectivity index (χ1) is 13.0. The van der Waals surface area contributed by atoms with Gasteiger partial charge in [-0.3, -0.25) is 4.99 Å². The summed E-state index contributed by atoms with van der Waals surface area (Å²) in [7, 11) is 6.57. The molecule has 0 aromatic heterocycles. The highest BCUT2D eigenvalue weighted by molar-refractivity contribution is 5.79. The molecule has 154 valence electrons. The van der Waals surface area contributed by atoms with E-state index < -0.39 is 0 Å². The first-order valence-electron chi connectivity index (χ1n) is 9.35. The molecule has 1 rings (SSSR count). The number of aliphatic imine (C=N–C) groups is 1. The van der Waals surface area contributed by atoms with E-state index in [1.165, 1.54) is 0 Å². The van der Waals surface area contributed by atoms with E-state index >= 15 is 0 Å². The van der Waals surface area contributed by atoms with Crippen molar-refractivity contribution in [3.63, 3.8) is 0 Å². The second-order valence-electron chi connectivity index (χ2n) is 6.41. The number of nitrogens with one attached hydrogen (secondary N) is 2. The lowest BCUT2D eigenvalue weighted by atomic mass is 10.0. The minimum atomic E-state index is 0.246. The summed E-state index contributed by atoms with van der Waals surface area (Å²) in [6.07, 6.45) is 1.17. The lowest BCUT2D eigenvalue weighted by molar-refractivity contribution is 0.0258. The van der Waals surface area contributed by atoms with Crippen LogP contribution in [0.5, 0.6) is 17.2 Å². The van der Waals surface area contributed by atoms with Crippen molar-refractivity contribution in [1.29, 1.82) is 0 Å². The van der Waals surface area contributed by atoms with E-state index in [1.807, 2.05) is 19.1 Å². The zero-order valence-electron chi connectivity index (χ0n) is 17.7. The molecule has 1 aromatic rings. The third-order valence-corrected chi connectivity index (χ3v) is 4.25. The van der Waals surface area contributed by atoms with Gasteiger partial charge in [-0.25, -0.2) is 0 Å². The summed E-state index contributed by atoms with van der Waals surface area (Å²) in [4.78, 5) is 4.28. The minimum absolute atomic E-state index is 0.246. The Morgan fingerprint density at radius 1 is 1.04 bits per heavy atom. The summed E-state index contributed by atoms with van der Waals surface area (Å²) in [6.45, 7) is 8.49. The maximum absolute atomic E-state index is 5.78. The molecule has 0 fully saturated rings. The van der Waals surface area contributed by atoms with Crippen LogP contribution in [0.2, 0.25) is 0 Å². The molecule has 0 amide bonds. The van der Waals surface area contributed by atoms with Crippen LogP contribution in [0.4, 0.5) is 0 Å². The van der Waals surface area contributed by atoms with Crippen LogP contribution >= 0.6 is 0 Å². The predicted octanol–water partition coefficient (Wildman–Crippen LogP) is 2.83. The summed E-state index contributed by atoms with van der Waals surface area (Å²) >= 11 is 0. The molecule has 0 saturated carbocycles. The van der Waals surface area contributed by atoms with Gasteiger partial charge in [0.25, 0.3) is 0 Å². The molecule has 1 aromatic carbocycles. The van der Waals surface area contributed by atoms with Crippen molar-refractivity contribution >= 4 is 5.96 Å². The zero-order chi connectivity index (χ0) is 20.2. The third kappa shape index (κ3) is 7.17. The SMILES string of the molecule is CCOC(CCNC(=NC)NCc1cc(OC)c(OC)c(OC)c1)C(C)C. The quantitative estimate of drug-likeness (QED) is 0.454. The summed E-state index contributed by atoms with van der Waals surface area (Å²) in [6, 6.07) is 3.84. The van der Waals surface area contributed by atoms with Crippen molar-refractivity contribution in [2.24, 2.45) is 10.9 Å². The van der Waals surface area contributed by atoms with Crippen molar-refractivity contribution in [1.82, 2.24) is 10.6 Å². The highest BCUT2D eigenvalue weighted by atomic mass is 16.5. The van der Waals surface area contributed by atoms with Crippen molar-refractivity contribution in [3.8, 4) is 17.2 Å². The van der Waals surface area contributed by atoms with Gasteiger partial charge in [0.2, 0.25) is 5.75 Å². The summed E-state index contributed by atoms with van der Waals surface area (Å²) in [5, 5.41) is 6.64. The first kappa shape index (κ1) is 22.9. The molecule has 0 aliphatic heterocycles. The lowest BCUT2D eigenvalue weighted by Gasteiger charge is -2.21. The monoisotopic (exact) mass is 381 g/mol. The summed E-state index contributed by atoms with van der Waals surface area (Å²) in [5.41, 5.74) is 1.00. The molecular formula is C20H35N3O4. The van der Waals surface area contributed by atoms with E-state index in [0.29, 0.717) is 29.7 Å². The van der Waals surface area contributed by atoms with Gasteiger partial charge < -0.3 is 29.6 Å². The van der Waals surface area contributed by atoms with Crippen LogP contribution in [0.25, 0.3) is 0 Å². The fourth-order valence-electron chi connectivity index (χ4n) is 2.80. The number of guanidine groups is 1. The molecule has 0 radical (unpaired) electrons. The summed E-state index contributed by atoms with van der Waals surface area (Å²) < 4.78 is 21.9. The Morgan fingerprint density at radius 3 is 2.11 bits per heavy atom. The van der Waals surface area contributed by atoms with Crippen molar-refractivity contribution in [3.05, 3.63) is 17.7 Å². The molecule has 0 saturated heterocycles. The Kier molecular flexibility index (Phi) is 10.4. The molecule has 0 spiro atoms. The van der Waals surface area contributed by atoms with Crippen LogP contribution in [0.1, 0.15) is 32.8 Å². The minimum Gasteiger partial charge on any atom is -0.493 e. The van der Waals surface area contributed by atoms with E-state index in [1.54, 1.807) is 28.4 Å². The van der Waals surface area contributed by atoms with Crippen molar-refractivity contribution < 1.29 is 18.9 Å². The van der Waals surface area contributed by atoms with Crippen molar-refractivity contribution in [2.75, 3.05) is 41.5 Å². The molecule has 1 unspecified atom stereocenters. The van der Waals surface area contributed by atoms with Crippen LogP contribution < -0.4 is 24.8 Å². The Bertz CT molecular complexity index is 566. The molecule has 7 heteroatoms. The number of hydrogen-bond donors (Lipinski definition) is 2. The highest BCUT2D eigenvalue weighted by Crippen LogP contribution is 2.38. The molecule has 1 atom stereocenters. The molecule has 27 heavy (non-hydrogen) atoms. The number of benzene rings is 1. The van der Waals surface area contributed by atoms with E-state index in [2.05, 4.69) is 29.5 Å². The van der Waals surface area contributed by atoms with Crippen molar-refractivity contribution in [2.45, 2.75) is 39.8 Å². The molecule has 0 aliphatic carbocycles. The van der Waals surface area contributed by atoms with Gasteiger partial charge in [0, 0.05) is 26.7 Å². The van der Waals surface area contributed by atoms with Crippen LogP contribution in [-0.2, 0) is 11.3 Å². The fourth-order valence-corrected chi connectivity index (χ4v) is 2.80. The normalized spacial score (nSPS) is 12.7. The molecular weight excluding hydrogens is 346 g/mol. The molecule has 0 heterocycles. The van der Waals surface area contributed by atoms with E-state index in [9.17, 15) is 0 Å². The van der Waals surface area contributed by atoms with Crippen LogP contribution in [0.15, 0.2) is 17.1 Å². The maximum Gasteiger partial charge on any atom is 0.203 e. The Hall–Kier alpha value is -2.15. The van der Waals surface area contributed by atoms with Gasteiger partial charge in [-0.1, -0.05) is 13.8 Å². The average Bonchev–Trinajstić information content (AvgIpc) is 2.68. The number of hydrogen-bond acceptors (Lipinski definition) is 5. The number of ether oxygens (including phenoxy) is 4. The second kappa shape index (κ2) is 12.3. The number of methoxy groups -OCH3 is 3. The predicted molar refractivity (Wildman–Crippen MR) is 109 cm³/mol. The smallest absolute Gasteiger partial charge is 0.203 e. The topological polar surface area (TPSA) is 73.3 Å². The van der Waals surface area contributed by atoms with Crippen LogP contribution in [0.3, 0.4) is 0 Å². The van der Waals surface area contributed by atoms with E-state index in [0.717, 1.165) is 31.1 Å². The van der Waals surface area contributed by atoms with Gasteiger partial charge in [-0.2, -0.15) is 0 Å². The number of rotatable bonds is 11. The van der Waals surface area contributed by atoms with Gasteiger partial charge in [-0.15, -0.1) is 0 Å². The average molecular weight is 382 g/mol. The third-order valence-electron chi connectivity index (χ3n) is 4.25. The van der Waals surface area contributed by atoms with Gasteiger partial charge in [0.15, 0.2) is 17.5 Å². The van der Waals surface area contributed by atoms with Gasteiger partial charge in [-0.05, 0) is 37.0 Å². The van der Waals surface area contributed by atoms with E-state index in [-0.39, 0.29) is 6.10 Å². The molecule has 0 aliphatic rings. The molecule has 2 N–H and O–H groups in total. The second-order valence-corrected chi connectivity index (χ2v) is 6.41. The van der Waals surface area contributed by atoms with Gasteiger partial charge in [0.05, 0.1) is 27.4 Å². The fraction of sp³-hybridized carbons (Fsp3) is 0.650.